The topological polar surface area (TPSA) is 12.0 Å². The minimum absolute atomic E-state index is 0.472. The lowest BCUT2D eigenvalue weighted by molar-refractivity contribution is 0.555. The van der Waals surface area contributed by atoms with Gasteiger partial charge in [-0.05, 0) is 40.4 Å². The van der Waals surface area contributed by atoms with Gasteiger partial charge in [0.05, 0.1) is 0 Å². The van der Waals surface area contributed by atoms with Gasteiger partial charge < -0.3 is 5.32 Å². The van der Waals surface area contributed by atoms with Gasteiger partial charge >= 0.3 is 0 Å². The third-order valence-electron chi connectivity index (χ3n) is 2.38. The van der Waals surface area contributed by atoms with Gasteiger partial charge in [0, 0.05) is 17.3 Å². The Labute approximate surface area is 98.8 Å². The van der Waals surface area contributed by atoms with E-state index < -0.39 is 0 Å². The summed E-state index contributed by atoms with van der Waals surface area (Å²) in [6, 6.07) is 7.02. The summed E-state index contributed by atoms with van der Waals surface area (Å²) in [5.41, 5.74) is 1.41. The van der Waals surface area contributed by atoms with Gasteiger partial charge in [0.25, 0.3) is 0 Å². The molecule has 1 N–H and O–H groups in total. The summed E-state index contributed by atoms with van der Waals surface area (Å²) in [4.78, 5) is 1.45. The van der Waals surface area contributed by atoms with E-state index in [1.807, 2.05) is 11.3 Å². The van der Waals surface area contributed by atoms with Crippen molar-refractivity contribution in [1.82, 2.24) is 5.32 Å². The second kappa shape index (κ2) is 5.45. The summed E-state index contributed by atoms with van der Waals surface area (Å²) in [6.45, 7) is 3.18. The molecule has 2 rings (SSSR count). The average Bonchev–Trinajstić information content (AvgIpc) is 2.89. The minimum atomic E-state index is 0.472. The Morgan fingerprint density at radius 1 is 1.33 bits per heavy atom. The van der Waals surface area contributed by atoms with Crippen LogP contribution in [-0.4, -0.2) is 6.54 Å². The molecule has 2 heterocycles. The SMILES string of the molecule is CCNC(Cc1cccs1)c1ccsc1. The van der Waals surface area contributed by atoms with E-state index in [1.54, 1.807) is 11.3 Å². The molecule has 0 fully saturated rings. The number of thiophene rings is 2. The average molecular weight is 237 g/mol. The predicted molar refractivity (Wildman–Crippen MR) is 68.8 cm³/mol. The van der Waals surface area contributed by atoms with E-state index in [4.69, 9.17) is 0 Å². The molecule has 2 aromatic rings. The molecule has 0 aliphatic heterocycles. The first-order valence-corrected chi connectivity index (χ1v) is 7.00. The van der Waals surface area contributed by atoms with Crippen LogP contribution in [0.3, 0.4) is 0 Å². The van der Waals surface area contributed by atoms with Crippen molar-refractivity contribution >= 4 is 22.7 Å². The molecule has 1 atom stereocenters. The quantitative estimate of drug-likeness (QED) is 0.836. The lowest BCUT2D eigenvalue weighted by atomic mass is 10.1. The van der Waals surface area contributed by atoms with Crippen LogP contribution in [0.5, 0.6) is 0 Å². The fraction of sp³-hybridized carbons (Fsp3) is 0.333. The van der Waals surface area contributed by atoms with E-state index in [0.29, 0.717) is 6.04 Å². The Hall–Kier alpha value is -0.640. The van der Waals surface area contributed by atoms with Gasteiger partial charge in [0.2, 0.25) is 0 Å². The first-order valence-electron chi connectivity index (χ1n) is 5.18. The van der Waals surface area contributed by atoms with Crippen molar-refractivity contribution in [2.75, 3.05) is 6.54 Å². The summed E-state index contributed by atoms with van der Waals surface area (Å²) >= 11 is 3.61. The van der Waals surface area contributed by atoms with Crippen LogP contribution in [0.1, 0.15) is 23.4 Å². The molecule has 0 aliphatic rings. The lowest BCUT2D eigenvalue weighted by Crippen LogP contribution is -2.22. The van der Waals surface area contributed by atoms with Crippen molar-refractivity contribution in [3.63, 3.8) is 0 Å². The highest BCUT2D eigenvalue weighted by molar-refractivity contribution is 7.09. The molecule has 0 aliphatic carbocycles. The molecule has 0 saturated heterocycles. The summed E-state index contributed by atoms with van der Waals surface area (Å²) < 4.78 is 0. The number of nitrogens with one attached hydrogen (secondary N) is 1. The number of likely N-dealkylation sites (N-methyl/N-ethyl adjacent to an activating group) is 1. The molecule has 0 aromatic carbocycles. The predicted octanol–water partition coefficient (Wildman–Crippen LogP) is 3.70. The van der Waals surface area contributed by atoms with Crippen LogP contribution in [0.15, 0.2) is 34.3 Å². The van der Waals surface area contributed by atoms with Crippen LogP contribution in [0, 0.1) is 0 Å². The van der Waals surface area contributed by atoms with Gasteiger partial charge in [-0.25, -0.2) is 0 Å². The van der Waals surface area contributed by atoms with Crippen LogP contribution in [0.2, 0.25) is 0 Å². The van der Waals surface area contributed by atoms with Gasteiger partial charge in [0.15, 0.2) is 0 Å². The summed E-state index contributed by atoms with van der Waals surface area (Å²) in [5, 5.41) is 10.1. The monoisotopic (exact) mass is 237 g/mol. The van der Waals surface area contributed by atoms with Crippen molar-refractivity contribution in [3.05, 3.63) is 44.8 Å². The second-order valence-corrected chi connectivity index (χ2v) is 5.26. The molecule has 3 heteroatoms. The molecule has 0 radical (unpaired) electrons. The van der Waals surface area contributed by atoms with Crippen molar-refractivity contribution in [2.24, 2.45) is 0 Å². The number of hydrogen-bond donors (Lipinski definition) is 1. The molecule has 0 spiro atoms. The fourth-order valence-electron chi connectivity index (χ4n) is 1.66. The van der Waals surface area contributed by atoms with E-state index in [1.165, 1.54) is 10.4 Å². The third-order valence-corrected chi connectivity index (χ3v) is 3.98. The van der Waals surface area contributed by atoms with Gasteiger partial charge in [0.1, 0.15) is 0 Å². The highest BCUT2D eigenvalue weighted by Gasteiger charge is 2.11. The fourth-order valence-corrected chi connectivity index (χ4v) is 3.12. The van der Waals surface area contributed by atoms with Crippen molar-refractivity contribution in [1.29, 1.82) is 0 Å². The van der Waals surface area contributed by atoms with Crippen molar-refractivity contribution < 1.29 is 0 Å². The first-order chi connectivity index (χ1) is 7.40. The molecule has 80 valence electrons. The van der Waals surface area contributed by atoms with Crippen LogP contribution < -0.4 is 5.32 Å². The first kappa shape index (κ1) is 10.9. The zero-order chi connectivity index (χ0) is 10.5. The smallest absolute Gasteiger partial charge is 0.0376 e. The maximum absolute atomic E-state index is 3.54. The van der Waals surface area contributed by atoms with E-state index in [2.05, 4.69) is 46.6 Å². The van der Waals surface area contributed by atoms with Crippen LogP contribution >= 0.6 is 22.7 Å². The molecule has 1 unspecified atom stereocenters. The molecule has 0 saturated carbocycles. The van der Waals surface area contributed by atoms with E-state index in [-0.39, 0.29) is 0 Å². The van der Waals surface area contributed by atoms with Gasteiger partial charge in [-0.2, -0.15) is 11.3 Å². The standard InChI is InChI=1S/C12H15NS2/c1-2-13-12(10-5-7-14-9-10)8-11-4-3-6-15-11/h3-7,9,12-13H,2,8H2,1H3. The Morgan fingerprint density at radius 2 is 2.27 bits per heavy atom. The molecule has 15 heavy (non-hydrogen) atoms. The number of rotatable bonds is 5. The zero-order valence-electron chi connectivity index (χ0n) is 8.77. The molecular weight excluding hydrogens is 222 g/mol. The minimum Gasteiger partial charge on any atom is -0.310 e. The van der Waals surface area contributed by atoms with Gasteiger partial charge in [-0.1, -0.05) is 13.0 Å². The molecule has 1 nitrogen and oxygen atoms in total. The van der Waals surface area contributed by atoms with Crippen LogP contribution in [0.25, 0.3) is 0 Å². The molecule has 0 amide bonds. The Balaban J connectivity index is 2.07. The number of hydrogen-bond acceptors (Lipinski definition) is 3. The third kappa shape index (κ3) is 2.91. The van der Waals surface area contributed by atoms with Crippen LogP contribution in [-0.2, 0) is 6.42 Å². The molecule has 0 bridgehead atoms. The van der Waals surface area contributed by atoms with Gasteiger partial charge in [-0.3, -0.25) is 0 Å². The van der Waals surface area contributed by atoms with Crippen molar-refractivity contribution in [3.8, 4) is 0 Å². The maximum Gasteiger partial charge on any atom is 0.0376 e. The second-order valence-electron chi connectivity index (χ2n) is 3.45. The summed E-state index contributed by atoms with van der Waals surface area (Å²) in [6.07, 6.45) is 1.10. The summed E-state index contributed by atoms with van der Waals surface area (Å²) in [7, 11) is 0. The van der Waals surface area contributed by atoms with Crippen molar-refractivity contribution in [2.45, 2.75) is 19.4 Å². The highest BCUT2D eigenvalue weighted by atomic mass is 32.1. The van der Waals surface area contributed by atoms with Gasteiger partial charge in [-0.15, -0.1) is 11.3 Å². The van der Waals surface area contributed by atoms with E-state index in [9.17, 15) is 0 Å². The Bertz CT molecular complexity index is 364. The molecule has 2 aromatic heterocycles. The Morgan fingerprint density at radius 3 is 2.87 bits per heavy atom. The van der Waals surface area contributed by atoms with Crippen LogP contribution in [0.4, 0.5) is 0 Å². The summed E-state index contributed by atoms with van der Waals surface area (Å²) in [5.74, 6) is 0. The molecular formula is C12H15NS2. The largest absolute Gasteiger partial charge is 0.310 e. The van der Waals surface area contributed by atoms with E-state index >= 15 is 0 Å². The highest BCUT2D eigenvalue weighted by Crippen LogP contribution is 2.22. The zero-order valence-corrected chi connectivity index (χ0v) is 10.4. The lowest BCUT2D eigenvalue weighted by Gasteiger charge is -2.15. The van der Waals surface area contributed by atoms with E-state index in [0.717, 1.165) is 13.0 Å². The normalized spacial score (nSPS) is 12.9. The maximum atomic E-state index is 3.54. The Kier molecular flexibility index (Phi) is 3.94.